The smallest absolute Gasteiger partial charge is 0.135 e. The van der Waals surface area contributed by atoms with Crippen LogP contribution in [0.25, 0.3) is 5.57 Å². The summed E-state index contributed by atoms with van der Waals surface area (Å²) < 4.78 is 26.4. The highest BCUT2D eigenvalue weighted by Gasteiger charge is 2.11. The third kappa shape index (κ3) is 2.18. The summed E-state index contributed by atoms with van der Waals surface area (Å²) in [5, 5.41) is 0. The summed E-state index contributed by atoms with van der Waals surface area (Å²) in [5.74, 6) is -1.13. The maximum absolute atomic E-state index is 13.5. The van der Waals surface area contributed by atoms with Crippen LogP contribution in [0, 0.1) is 0 Å². The molecule has 2 rings (SSSR count). The van der Waals surface area contributed by atoms with E-state index in [-0.39, 0.29) is 0 Å². The molecule has 0 spiro atoms. The number of rotatable bonds is 1. The van der Waals surface area contributed by atoms with E-state index in [0.29, 0.717) is 17.7 Å². The number of allylic oxidation sites excluding steroid dienone is 6. The van der Waals surface area contributed by atoms with Crippen LogP contribution in [0.15, 0.2) is 54.3 Å². The van der Waals surface area contributed by atoms with Crippen LogP contribution in [0.4, 0.5) is 8.78 Å². The quantitative estimate of drug-likeness (QED) is 0.682. The van der Waals surface area contributed by atoms with Crippen molar-refractivity contribution in [1.29, 1.82) is 0 Å². The number of pyridine rings is 1. The van der Waals surface area contributed by atoms with Crippen LogP contribution >= 0.6 is 0 Å². The first-order chi connectivity index (χ1) is 7.27. The van der Waals surface area contributed by atoms with Crippen LogP contribution in [0.3, 0.4) is 0 Å². The second-order valence-corrected chi connectivity index (χ2v) is 3.15. The second-order valence-electron chi connectivity index (χ2n) is 3.15. The average molecular weight is 205 g/mol. The summed E-state index contributed by atoms with van der Waals surface area (Å²) >= 11 is 0. The molecule has 0 saturated carbocycles. The van der Waals surface area contributed by atoms with Gasteiger partial charge >= 0.3 is 0 Å². The first-order valence-corrected chi connectivity index (χ1v) is 4.62. The summed E-state index contributed by atoms with van der Waals surface area (Å²) in [5.41, 5.74) is 0.869. The molecule has 0 fully saturated rings. The predicted molar refractivity (Wildman–Crippen MR) is 55.2 cm³/mol. The minimum Gasteiger partial charge on any atom is -0.256 e. The minimum atomic E-state index is -0.583. The molecule has 1 aromatic rings. The first kappa shape index (κ1) is 9.77. The molecule has 0 atom stereocenters. The lowest BCUT2D eigenvalue weighted by molar-refractivity contribution is 0.634. The van der Waals surface area contributed by atoms with E-state index < -0.39 is 11.7 Å². The van der Waals surface area contributed by atoms with Gasteiger partial charge in [-0.2, -0.15) is 0 Å². The molecule has 1 aromatic heterocycles. The molecule has 1 aliphatic carbocycles. The molecule has 0 saturated heterocycles. The Balaban J connectivity index is 2.40. The topological polar surface area (TPSA) is 12.9 Å². The van der Waals surface area contributed by atoms with Gasteiger partial charge in [-0.1, -0.05) is 12.1 Å². The molecule has 0 bridgehead atoms. The predicted octanol–water partition coefficient (Wildman–Crippen LogP) is 3.58. The number of aromatic nitrogens is 1. The second kappa shape index (κ2) is 4.17. The molecule has 0 N–H and O–H groups in total. The van der Waals surface area contributed by atoms with Crippen molar-refractivity contribution in [3.63, 3.8) is 0 Å². The fourth-order valence-electron chi connectivity index (χ4n) is 1.39. The molecule has 1 aliphatic rings. The van der Waals surface area contributed by atoms with Crippen LogP contribution in [-0.2, 0) is 0 Å². The Labute approximate surface area is 86.5 Å². The monoisotopic (exact) mass is 205 g/mol. The number of hydrogen-bond donors (Lipinski definition) is 0. The van der Waals surface area contributed by atoms with Crippen molar-refractivity contribution in [1.82, 2.24) is 4.98 Å². The van der Waals surface area contributed by atoms with Crippen molar-refractivity contribution < 1.29 is 8.78 Å². The minimum absolute atomic E-state index is 0.347. The molecular formula is C12H9F2N. The standard InChI is InChI=1S/C12H9F2N/c13-9-4-3-5-10(11(14)8-9)12-6-1-2-7-15-12/h1-2,4-8H,3H2. The van der Waals surface area contributed by atoms with E-state index in [4.69, 9.17) is 0 Å². The number of nitrogens with zero attached hydrogens (tertiary/aromatic N) is 1. The van der Waals surface area contributed by atoms with Crippen LogP contribution in [0.1, 0.15) is 12.1 Å². The molecule has 1 nitrogen and oxygen atoms in total. The third-order valence-electron chi connectivity index (χ3n) is 2.10. The highest BCUT2D eigenvalue weighted by molar-refractivity contribution is 5.76. The Hall–Kier alpha value is -1.77. The van der Waals surface area contributed by atoms with Gasteiger partial charge in [-0.3, -0.25) is 4.98 Å². The SMILES string of the molecule is FC1=CCC=C(c2ccccn2)C(F)=C1. The molecule has 0 aliphatic heterocycles. The molecule has 0 amide bonds. The van der Waals surface area contributed by atoms with Gasteiger partial charge in [0.1, 0.15) is 11.7 Å². The fraction of sp³-hybridized carbons (Fsp3) is 0.0833. The van der Waals surface area contributed by atoms with Gasteiger partial charge in [0.05, 0.1) is 5.69 Å². The Bertz CT molecular complexity index is 444. The number of halogens is 2. The van der Waals surface area contributed by atoms with Crippen LogP contribution < -0.4 is 0 Å². The normalized spacial score (nSPS) is 16.3. The summed E-state index contributed by atoms with van der Waals surface area (Å²) in [4.78, 5) is 4.02. The van der Waals surface area contributed by atoms with E-state index in [1.165, 1.54) is 6.08 Å². The highest BCUT2D eigenvalue weighted by atomic mass is 19.1. The van der Waals surface area contributed by atoms with E-state index in [0.717, 1.165) is 6.08 Å². The molecule has 3 heteroatoms. The van der Waals surface area contributed by atoms with E-state index in [9.17, 15) is 8.78 Å². The van der Waals surface area contributed by atoms with E-state index in [2.05, 4.69) is 4.98 Å². The van der Waals surface area contributed by atoms with Gasteiger partial charge < -0.3 is 0 Å². The largest absolute Gasteiger partial charge is 0.256 e. The average Bonchev–Trinajstić information content (AvgIpc) is 2.40. The maximum Gasteiger partial charge on any atom is 0.135 e. The summed E-state index contributed by atoms with van der Waals surface area (Å²) in [7, 11) is 0. The van der Waals surface area contributed by atoms with Gasteiger partial charge in [0.25, 0.3) is 0 Å². The summed E-state index contributed by atoms with van der Waals surface area (Å²) in [6.45, 7) is 0. The van der Waals surface area contributed by atoms with Gasteiger partial charge in [0, 0.05) is 17.8 Å². The Morgan fingerprint density at radius 2 is 2.00 bits per heavy atom. The van der Waals surface area contributed by atoms with Gasteiger partial charge in [-0.25, -0.2) is 8.78 Å². The molecule has 0 radical (unpaired) electrons. The lowest BCUT2D eigenvalue weighted by Gasteiger charge is -2.02. The van der Waals surface area contributed by atoms with Crippen molar-refractivity contribution >= 4 is 5.57 Å². The first-order valence-electron chi connectivity index (χ1n) is 4.62. The Kier molecular flexibility index (Phi) is 2.72. The van der Waals surface area contributed by atoms with E-state index >= 15 is 0 Å². The van der Waals surface area contributed by atoms with Crippen molar-refractivity contribution in [3.05, 3.63) is 60.0 Å². The van der Waals surface area contributed by atoms with E-state index in [1.54, 1.807) is 30.5 Å². The molecule has 15 heavy (non-hydrogen) atoms. The molecule has 76 valence electrons. The van der Waals surface area contributed by atoms with E-state index in [1.807, 2.05) is 0 Å². The maximum atomic E-state index is 13.5. The van der Waals surface area contributed by atoms with Gasteiger partial charge in [-0.05, 0) is 24.6 Å². The van der Waals surface area contributed by atoms with Crippen molar-refractivity contribution in [2.45, 2.75) is 6.42 Å². The number of hydrogen-bond acceptors (Lipinski definition) is 1. The van der Waals surface area contributed by atoms with Crippen LogP contribution in [-0.4, -0.2) is 4.98 Å². The summed E-state index contributed by atoms with van der Waals surface area (Å²) in [6, 6.07) is 5.22. The highest BCUT2D eigenvalue weighted by Crippen LogP contribution is 2.27. The molecular weight excluding hydrogens is 196 g/mol. The van der Waals surface area contributed by atoms with Gasteiger partial charge in [0.2, 0.25) is 0 Å². The lowest BCUT2D eigenvalue weighted by Crippen LogP contribution is -1.88. The molecule has 0 aromatic carbocycles. The fourth-order valence-corrected chi connectivity index (χ4v) is 1.39. The summed E-state index contributed by atoms with van der Waals surface area (Å²) in [6.07, 6.45) is 5.80. The zero-order valence-corrected chi connectivity index (χ0v) is 7.95. The van der Waals surface area contributed by atoms with Crippen molar-refractivity contribution in [3.8, 4) is 0 Å². The van der Waals surface area contributed by atoms with Crippen molar-refractivity contribution in [2.24, 2.45) is 0 Å². The third-order valence-corrected chi connectivity index (χ3v) is 2.10. The molecule has 1 heterocycles. The zero-order chi connectivity index (χ0) is 10.7. The Morgan fingerprint density at radius 3 is 2.73 bits per heavy atom. The van der Waals surface area contributed by atoms with Crippen LogP contribution in [0.2, 0.25) is 0 Å². The van der Waals surface area contributed by atoms with Gasteiger partial charge in [0.15, 0.2) is 0 Å². The van der Waals surface area contributed by atoms with Crippen molar-refractivity contribution in [2.75, 3.05) is 0 Å². The zero-order valence-electron chi connectivity index (χ0n) is 7.95. The lowest BCUT2D eigenvalue weighted by atomic mass is 10.1. The molecule has 0 unspecified atom stereocenters. The van der Waals surface area contributed by atoms with Gasteiger partial charge in [-0.15, -0.1) is 0 Å². The van der Waals surface area contributed by atoms with Crippen LogP contribution in [0.5, 0.6) is 0 Å². The Morgan fingerprint density at radius 1 is 1.13 bits per heavy atom.